The molecule has 0 fully saturated rings. The highest BCUT2D eigenvalue weighted by Crippen LogP contribution is 2.20. The number of carbonyl (C=O) groups is 1. The molecule has 0 atom stereocenters. The minimum atomic E-state index is -3.73. The van der Waals surface area contributed by atoms with Crippen molar-refractivity contribution in [3.63, 3.8) is 0 Å². The molecule has 1 aromatic carbocycles. The normalized spacial score (nSPS) is 11.3. The highest BCUT2D eigenvalue weighted by atomic mass is 32.2. The van der Waals surface area contributed by atoms with Crippen molar-refractivity contribution in [2.45, 2.75) is 25.2 Å². The van der Waals surface area contributed by atoms with E-state index in [2.05, 4.69) is 4.72 Å². The Labute approximate surface area is 120 Å². The third-order valence-corrected chi connectivity index (χ3v) is 4.35. The molecule has 1 aromatic rings. The number of carbonyl (C=O) groups excluding carboxylic acids is 1. The second-order valence-electron chi connectivity index (χ2n) is 4.48. The molecule has 20 heavy (non-hydrogen) atoms. The summed E-state index contributed by atoms with van der Waals surface area (Å²) in [6.45, 7) is 4.43. The first-order valence-corrected chi connectivity index (χ1v) is 7.96. The molecule has 0 aliphatic rings. The number of nitrogen functional groups attached to an aromatic ring is 1. The molecule has 0 aliphatic carbocycles. The van der Waals surface area contributed by atoms with Crippen molar-refractivity contribution in [1.82, 2.24) is 9.62 Å². The molecule has 3 N–H and O–H groups in total. The van der Waals surface area contributed by atoms with Gasteiger partial charge in [-0.2, -0.15) is 0 Å². The molecule has 0 heterocycles. The molecule has 0 aliphatic heterocycles. The Morgan fingerprint density at radius 2 is 2.00 bits per heavy atom. The highest BCUT2D eigenvalue weighted by molar-refractivity contribution is 7.89. The Balaban J connectivity index is 3.31. The summed E-state index contributed by atoms with van der Waals surface area (Å²) in [7, 11) is -2.09. The lowest BCUT2D eigenvalue weighted by Gasteiger charge is -2.18. The number of nitrogens with two attached hydrogens (primary N) is 1. The van der Waals surface area contributed by atoms with E-state index in [1.807, 2.05) is 6.92 Å². The summed E-state index contributed by atoms with van der Waals surface area (Å²) in [5.41, 5.74) is 6.08. The smallest absolute Gasteiger partial charge is 0.254 e. The summed E-state index contributed by atoms with van der Waals surface area (Å²) in [4.78, 5) is 13.7. The number of nitrogens with one attached hydrogen (secondary N) is 1. The van der Waals surface area contributed by atoms with Gasteiger partial charge < -0.3 is 10.6 Å². The van der Waals surface area contributed by atoms with Gasteiger partial charge in [0.2, 0.25) is 10.0 Å². The summed E-state index contributed by atoms with van der Waals surface area (Å²) < 4.78 is 26.7. The van der Waals surface area contributed by atoms with Gasteiger partial charge in [-0.1, -0.05) is 13.8 Å². The van der Waals surface area contributed by atoms with Crippen molar-refractivity contribution in [3.8, 4) is 0 Å². The molecule has 0 saturated carbocycles. The van der Waals surface area contributed by atoms with Crippen LogP contribution in [0.1, 0.15) is 30.6 Å². The molecule has 6 nitrogen and oxygen atoms in total. The Morgan fingerprint density at radius 3 is 2.55 bits per heavy atom. The Morgan fingerprint density at radius 1 is 1.35 bits per heavy atom. The summed E-state index contributed by atoms with van der Waals surface area (Å²) in [5.74, 6) is -0.330. The van der Waals surface area contributed by atoms with Crippen LogP contribution in [0.15, 0.2) is 23.1 Å². The van der Waals surface area contributed by atoms with Crippen molar-refractivity contribution < 1.29 is 13.2 Å². The summed E-state index contributed by atoms with van der Waals surface area (Å²) >= 11 is 0. The third-order valence-electron chi connectivity index (χ3n) is 2.77. The van der Waals surface area contributed by atoms with Gasteiger partial charge in [0, 0.05) is 25.8 Å². The van der Waals surface area contributed by atoms with E-state index in [4.69, 9.17) is 5.73 Å². The minimum absolute atomic E-state index is 0.0766. The van der Waals surface area contributed by atoms with Gasteiger partial charge in [0.25, 0.3) is 5.91 Å². The van der Waals surface area contributed by atoms with E-state index in [1.165, 1.54) is 23.1 Å². The monoisotopic (exact) mass is 299 g/mol. The predicted octanol–water partition coefficient (Wildman–Crippen LogP) is 1.05. The van der Waals surface area contributed by atoms with Crippen molar-refractivity contribution >= 4 is 21.6 Å². The van der Waals surface area contributed by atoms with Crippen LogP contribution in [0, 0.1) is 0 Å². The average Bonchev–Trinajstić information content (AvgIpc) is 2.38. The summed E-state index contributed by atoms with van der Waals surface area (Å²) in [6.07, 6.45) is 0.798. The van der Waals surface area contributed by atoms with Crippen LogP contribution in [0.25, 0.3) is 0 Å². The highest BCUT2D eigenvalue weighted by Gasteiger charge is 2.23. The topological polar surface area (TPSA) is 92.5 Å². The fourth-order valence-corrected chi connectivity index (χ4v) is 3.12. The number of nitrogens with zero attached hydrogens (tertiary/aromatic N) is 1. The fraction of sp³-hybridized carbons (Fsp3) is 0.462. The van der Waals surface area contributed by atoms with E-state index in [1.54, 1.807) is 14.0 Å². The second-order valence-corrected chi connectivity index (χ2v) is 6.22. The maximum Gasteiger partial charge on any atom is 0.254 e. The molecule has 7 heteroatoms. The van der Waals surface area contributed by atoms with Gasteiger partial charge in [0.05, 0.1) is 10.5 Å². The van der Waals surface area contributed by atoms with E-state index >= 15 is 0 Å². The first kappa shape index (κ1) is 16.5. The van der Waals surface area contributed by atoms with Crippen LogP contribution in [0.5, 0.6) is 0 Å². The van der Waals surface area contributed by atoms with Crippen LogP contribution in [0.4, 0.5) is 5.69 Å². The van der Waals surface area contributed by atoms with Gasteiger partial charge in [-0.05, 0) is 24.6 Å². The van der Waals surface area contributed by atoms with Crippen molar-refractivity contribution in [3.05, 3.63) is 23.8 Å². The van der Waals surface area contributed by atoms with Crippen LogP contribution >= 0.6 is 0 Å². The minimum Gasteiger partial charge on any atom is -0.399 e. The zero-order valence-corrected chi connectivity index (χ0v) is 12.8. The lowest BCUT2D eigenvalue weighted by Crippen LogP contribution is -2.31. The van der Waals surface area contributed by atoms with E-state index in [0.717, 1.165) is 6.42 Å². The molecule has 0 saturated heterocycles. The standard InChI is InChI=1S/C13H21N3O3S/c1-4-8-16(3)13(17)11-7-6-10(14)9-12(11)20(18,19)15-5-2/h6-7,9,15H,4-5,8,14H2,1-3H3. The summed E-state index contributed by atoms with van der Waals surface area (Å²) in [5, 5.41) is 0. The van der Waals surface area contributed by atoms with Gasteiger partial charge >= 0.3 is 0 Å². The zero-order chi connectivity index (χ0) is 15.3. The van der Waals surface area contributed by atoms with Crippen LogP contribution in [0.3, 0.4) is 0 Å². The number of sulfonamides is 1. The number of hydrogen-bond acceptors (Lipinski definition) is 4. The lowest BCUT2D eigenvalue weighted by atomic mass is 10.2. The first-order chi connectivity index (χ1) is 9.33. The molecule has 1 rings (SSSR count). The molecule has 0 bridgehead atoms. The van der Waals surface area contributed by atoms with Crippen molar-refractivity contribution in [1.29, 1.82) is 0 Å². The Bertz CT molecular complexity index is 585. The zero-order valence-electron chi connectivity index (χ0n) is 12.0. The largest absolute Gasteiger partial charge is 0.399 e. The van der Waals surface area contributed by atoms with Crippen molar-refractivity contribution in [2.75, 3.05) is 25.9 Å². The molecular formula is C13H21N3O3S. The van der Waals surface area contributed by atoms with Crippen LogP contribution in [0.2, 0.25) is 0 Å². The predicted molar refractivity (Wildman–Crippen MR) is 79.0 cm³/mol. The summed E-state index contributed by atoms with van der Waals surface area (Å²) in [6, 6.07) is 4.29. The van der Waals surface area contributed by atoms with Gasteiger partial charge in [-0.25, -0.2) is 13.1 Å². The van der Waals surface area contributed by atoms with Crippen LogP contribution in [-0.2, 0) is 10.0 Å². The van der Waals surface area contributed by atoms with Gasteiger partial charge in [-0.15, -0.1) is 0 Å². The molecule has 1 amide bonds. The Hall–Kier alpha value is -1.60. The average molecular weight is 299 g/mol. The van der Waals surface area contributed by atoms with Gasteiger partial charge in [0.15, 0.2) is 0 Å². The van der Waals surface area contributed by atoms with Gasteiger partial charge in [-0.3, -0.25) is 4.79 Å². The first-order valence-electron chi connectivity index (χ1n) is 6.48. The fourth-order valence-electron chi connectivity index (χ4n) is 1.85. The SMILES string of the molecule is CCCN(C)C(=O)c1ccc(N)cc1S(=O)(=O)NCC. The number of rotatable bonds is 6. The molecule has 0 spiro atoms. The third kappa shape index (κ3) is 3.71. The molecule has 112 valence electrons. The number of hydrogen-bond donors (Lipinski definition) is 2. The maximum absolute atomic E-state index is 12.3. The lowest BCUT2D eigenvalue weighted by molar-refractivity contribution is 0.0791. The van der Waals surface area contributed by atoms with Crippen LogP contribution < -0.4 is 10.5 Å². The van der Waals surface area contributed by atoms with Crippen molar-refractivity contribution in [2.24, 2.45) is 0 Å². The molecule has 0 aromatic heterocycles. The van der Waals surface area contributed by atoms with E-state index in [9.17, 15) is 13.2 Å². The molecule has 0 unspecified atom stereocenters. The van der Waals surface area contributed by atoms with Crippen LogP contribution in [-0.4, -0.2) is 39.4 Å². The quantitative estimate of drug-likeness (QED) is 0.768. The van der Waals surface area contributed by atoms with Gasteiger partial charge in [0.1, 0.15) is 0 Å². The molecular weight excluding hydrogens is 278 g/mol. The number of benzene rings is 1. The van der Waals surface area contributed by atoms with E-state index in [-0.39, 0.29) is 22.9 Å². The number of anilines is 1. The van der Waals surface area contributed by atoms with E-state index in [0.29, 0.717) is 12.2 Å². The Kier molecular flexibility index (Phi) is 5.52. The molecule has 0 radical (unpaired) electrons. The second kappa shape index (κ2) is 6.71. The maximum atomic E-state index is 12.3. The number of amides is 1. The van der Waals surface area contributed by atoms with E-state index < -0.39 is 10.0 Å².